The molecule has 2 fully saturated rings. The van der Waals surface area contributed by atoms with E-state index in [1.807, 2.05) is 17.2 Å². The number of carbonyl (C=O) groups is 1. The second-order valence-corrected chi connectivity index (χ2v) is 7.68. The lowest BCUT2D eigenvalue weighted by Crippen LogP contribution is -2.49. The Morgan fingerprint density at radius 1 is 1.43 bits per heavy atom. The van der Waals surface area contributed by atoms with Gasteiger partial charge in [-0.3, -0.25) is 9.78 Å². The van der Waals surface area contributed by atoms with Gasteiger partial charge in [0.1, 0.15) is 6.10 Å². The van der Waals surface area contributed by atoms with Crippen molar-refractivity contribution in [3.8, 4) is 0 Å². The maximum atomic E-state index is 13.1. The lowest BCUT2D eigenvalue weighted by molar-refractivity contribution is -0.146. The van der Waals surface area contributed by atoms with Gasteiger partial charge in [-0.05, 0) is 37.8 Å². The van der Waals surface area contributed by atoms with Gasteiger partial charge in [0, 0.05) is 63.9 Å². The van der Waals surface area contributed by atoms with E-state index in [1.165, 1.54) is 0 Å². The number of hydrogen-bond donors (Lipinski definition) is 1. The van der Waals surface area contributed by atoms with Crippen LogP contribution in [0.2, 0.25) is 0 Å². The summed E-state index contributed by atoms with van der Waals surface area (Å²) < 4.78 is 13.1. The summed E-state index contributed by atoms with van der Waals surface area (Å²) in [4.78, 5) is 19.7. The van der Waals surface area contributed by atoms with Crippen molar-refractivity contribution >= 4 is 16.9 Å². The molecule has 2 aliphatic rings. The fraction of sp³-hybridized carbons (Fsp3) is 0.619. The first kappa shape index (κ1) is 19.4. The molecule has 4 rings (SSSR count). The lowest BCUT2D eigenvalue weighted by Gasteiger charge is -2.29. The van der Waals surface area contributed by atoms with E-state index in [9.17, 15) is 4.79 Å². The smallest absolute Gasteiger partial charge is 0.253 e. The first-order valence-electron chi connectivity index (χ1n) is 10.3. The fourth-order valence-corrected chi connectivity index (χ4v) is 3.89. The van der Waals surface area contributed by atoms with E-state index in [4.69, 9.17) is 9.47 Å². The Bertz CT molecular complexity index is 796. The van der Waals surface area contributed by atoms with E-state index < -0.39 is 0 Å². The van der Waals surface area contributed by atoms with Crippen molar-refractivity contribution in [2.24, 2.45) is 0 Å². The Labute approximate surface area is 166 Å². The molecular formula is C21H30N4O3. The average molecular weight is 386 g/mol. The minimum absolute atomic E-state index is 0.103. The van der Waals surface area contributed by atoms with Crippen molar-refractivity contribution in [3.05, 3.63) is 30.1 Å². The molecule has 2 aromatic heterocycles. The van der Waals surface area contributed by atoms with Crippen LogP contribution < -0.4 is 5.32 Å². The highest BCUT2D eigenvalue weighted by Gasteiger charge is 2.37. The van der Waals surface area contributed by atoms with E-state index in [1.54, 1.807) is 7.11 Å². The maximum Gasteiger partial charge on any atom is 0.253 e. The molecule has 7 nitrogen and oxygen atoms in total. The molecule has 152 valence electrons. The number of fused-ring (bicyclic) bond motifs is 1. The van der Waals surface area contributed by atoms with Gasteiger partial charge in [0.25, 0.3) is 5.91 Å². The van der Waals surface area contributed by atoms with Crippen molar-refractivity contribution in [2.45, 2.75) is 50.9 Å². The Hall–Kier alpha value is -1.96. The van der Waals surface area contributed by atoms with Gasteiger partial charge in [-0.1, -0.05) is 0 Å². The van der Waals surface area contributed by atoms with Crippen LogP contribution in [0.3, 0.4) is 0 Å². The van der Waals surface area contributed by atoms with Gasteiger partial charge in [0.15, 0.2) is 0 Å². The summed E-state index contributed by atoms with van der Waals surface area (Å²) in [6.07, 6.45) is 7.88. The zero-order valence-corrected chi connectivity index (χ0v) is 16.6. The summed E-state index contributed by atoms with van der Waals surface area (Å²) in [6, 6.07) is 4.42. The van der Waals surface area contributed by atoms with Crippen molar-refractivity contribution in [2.75, 3.05) is 33.4 Å². The molecule has 0 spiro atoms. The molecule has 28 heavy (non-hydrogen) atoms. The van der Waals surface area contributed by atoms with Gasteiger partial charge < -0.3 is 24.3 Å². The summed E-state index contributed by atoms with van der Waals surface area (Å²) in [5.41, 5.74) is 3.25. The Kier molecular flexibility index (Phi) is 6.24. The molecule has 1 atom stereocenters. The first-order valence-corrected chi connectivity index (χ1v) is 10.3. The van der Waals surface area contributed by atoms with E-state index in [2.05, 4.69) is 27.1 Å². The van der Waals surface area contributed by atoms with Crippen molar-refractivity contribution in [1.29, 1.82) is 0 Å². The third kappa shape index (κ3) is 4.37. The molecule has 1 aliphatic heterocycles. The summed E-state index contributed by atoms with van der Waals surface area (Å²) in [5.74, 6) is 0.103. The zero-order chi connectivity index (χ0) is 19.3. The van der Waals surface area contributed by atoms with Crippen LogP contribution in [0.4, 0.5) is 0 Å². The van der Waals surface area contributed by atoms with Gasteiger partial charge in [0.05, 0.1) is 17.6 Å². The van der Waals surface area contributed by atoms with E-state index >= 15 is 0 Å². The third-order valence-electron chi connectivity index (χ3n) is 5.52. The maximum absolute atomic E-state index is 13.1. The minimum Gasteiger partial charge on any atom is -0.385 e. The monoisotopic (exact) mass is 386 g/mol. The fourth-order valence-electron chi connectivity index (χ4n) is 3.89. The first-order chi connectivity index (χ1) is 13.8. The largest absolute Gasteiger partial charge is 0.385 e. The SMILES string of the molecule is COCCCCn1cc(CN(C(=O)[C@H]2CNCCO2)C2CC2)c2ncccc21. The molecule has 0 bridgehead atoms. The highest BCUT2D eigenvalue weighted by Crippen LogP contribution is 2.31. The number of ether oxygens (including phenoxy) is 2. The van der Waals surface area contributed by atoms with E-state index in [-0.39, 0.29) is 12.0 Å². The molecule has 1 saturated heterocycles. The molecule has 3 heterocycles. The number of pyridine rings is 1. The van der Waals surface area contributed by atoms with Gasteiger partial charge in [-0.15, -0.1) is 0 Å². The number of rotatable bonds is 9. The quantitative estimate of drug-likeness (QED) is 0.667. The van der Waals surface area contributed by atoms with Crippen LogP contribution in [0.1, 0.15) is 31.2 Å². The molecule has 1 amide bonds. The summed E-state index contributed by atoms with van der Waals surface area (Å²) in [7, 11) is 1.74. The average Bonchev–Trinajstić information content (AvgIpc) is 3.53. The number of unbranched alkanes of at least 4 members (excludes halogenated alkanes) is 1. The molecule has 2 aromatic rings. The van der Waals surface area contributed by atoms with Crippen LogP contribution in [-0.2, 0) is 27.4 Å². The van der Waals surface area contributed by atoms with Crippen molar-refractivity contribution < 1.29 is 14.3 Å². The molecule has 1 N–H and O–H groups in total. The second-order valence-electron chi connectivity index (χ2n) is 7.68. The van der Waals surface area contributed by atoms with Gasteiger partial charge >= 0.3 is 0 Å². The van der Waals surface area contributed by atoms with E-state index in [0.29, 0.717) is 25.7 Å². The standard InChI is InChI=1S/C21H30N4O3/c1-27-11-3-2-10-24-14-16(20-18(24)5-4-8-23-20)15-25(17-6-7-17)21(26)19-13-22-9-12-28-19/h4-5,8,14,17,19,22H,2-3,6-7,9-13,15H2,1H3/t19-/m1/s1. The predicted octanol–water partition coefficient (Wildman–Crippen LogP) is 1.94. The number of morpholine rings is 1. The number of nitrogens with zero attached hydrogens (tertiary/aromatic N) is 3. The lowest BCUT2D eigenvalue weighted by atomic mass is 10.2. The van der Waals surface area contributed by atoms with Crippen LogP contribution >= 0.6 is 0 Å². The van der Waals surface area contributed by atoms with Crippen molar-refractivity contribution in [3.63, 3.8) is 0 Å². The van der Waals surface area contributed by atoms with Gasteiger partial charge in [-0.25, -0.2) is 0 Å². The third-order valence-corrected chi connectivity index (χ3v) is 5.52. The Balaban J connectivity index is 1.52. The molecular weight excluding hydrogens is 356 g/mol. The number of aryl methyl sites for hydroxylation is 1. The second kappa shape index (κ2) is 9.03. The van der Waals surface area contributed by atoms with Crippen LogP contribution in [0, 0.1) is 0 Å². The number of nitrogens with one attached hydrogen (secondary N) is 1. The predicted molar refractivity (Wildman–Crippen MR) is 107 cm³/mol. The van der Waals surface area contributed by atoms with E-state index in [0.717, 1.165) is 62.0 Å². The highest BCUT2D eigenvalue weighted by molar-refractivity contribution is 5.84. The van der Waals surface area contributed by atoms with Crippen LogP contribution in [-0.4, -0.2) is 65.9 Å². The molecule has 1 aliphatic carbocycles. The van der Waals surface area contributed by atoms with Crippen molar-refractivity contribution in [1.82, 2.24) is 19.8 Å². The van der Waals surface area contributed by atoms with Crippen LogP contribution in [0.5, 0.6) is 0 Å². The Morgan fingerprint density at radius 3 is 3.07 bits per heavy atom. The molecule has 0 radical (unpaired) electrons. The molecule has 1 saturated carbocycles. The summed E-state index contributed by atoms with van der Waals surface area (Å²) in [5, 5.41) is 3.26. The molecule has 0 aromatic carbocycles. The number of amides is 1. The van der Waals surface area contributed by atoms with Gasteiger partial charge in [0.2, 0.25) is 0 Å². The number of methoxy groups -OCH3 is 1. The summed E-state index contributed by atoms with van der Waals surface area (Å²) >= 11 is 0. The Morgan fingerprint density at radius 2 is 2.32 bits per heavy atom. The topological polar surface area (TPSA) is 68.6 Å². The highest BCUT2D eigenvalue weighted by atomic mass is 16.5. The number of carbonyl (C=O) groups excluding carboxylic acids is 1. The normalized spacial score (nSPS) is 19.8. The van der Waals surface area contributed by atoms with Crippen LogP contribution in [0.25, 0.3) is 11.0 Å². The minimum atomic E-state index is -0.371. The summed E-state index contributed by atoms with van der Waals surface area (Å²) in [6.45, 7) is 4.32. The molecule has 7 heteroatoms. The number of hydrogen-bond acceptors (Lipinski definition) is 5. The zero-order valence-electron chi connectivity index (χ0n) is 16.6. The van der Waals surface area contributed by atoms with Crippen LogP contribution in [0.15, 0.2) is 24.5 Å². The molecule has 0 unspecified atom stereocenters. The van der Waals surface area contributed by atoms with Gasteiger partial charge in [-0.2, -0.15) is 0 Å². The number of aromatic nitrogens is 2.